The van der Waals surface area contributed by atoms with Crippen molar-refractivity contribution in [3.05, 3.63) is 70.5 Å². The third-order valence-corrected chi connectivity index (χ3v) is 6.33. The molecule has 4 aromatic rings. The lowest BCUT2D eigenvalue weighted by atomic mass is 10.2. The van der Waals surface area contributed by atoms with E-state index in [-0.39, 0.29) is 16.6 Å². The van der Waals surface area contributed by atoms with Crippen LogP contribution in [-0.2, 0) is 4.74 Å². The summed E-state index contributed by atoms with van der Waals surface area (Å²) in [6.45, 7) is 4.48. The summed E-state index contributed by atoms with van der Waals surface area (Å²) < 4.78 is 21.3. The molecule has 1 atom stereocenters. The van der Waals surface area contributed by atoms with Crippen LogP contribution in [0.15, 0.2) is 58.5 Å². The van der Waals surface area contributed by atoms with Crippen molar-refractivity contribution in [2.45, 2.75) is 17.3 Å². The highest BCUT2D eigenvalue weighted by molar-refractivity contribution is 7.99. The average Bonchev–Trinajstić information content (AvgIpc) is 3.23. The molecule has 32 heavy (non-hydrogen) atoms. The van der Waals surface area contributed by atoms with Crippen molar-refractivity contribution in [2.24, 2.45) is 0 Å². The van der Waals surface area contributed by atoms with E-state index in [1.807, 2.05) is 35.8 Å². The lowest BCUT2D eigenvalue weighted by Crippen LogP contribution is -2.37. The summed E-state index contributed by atoms with van der Waals surface area (Å²) in [5.41, 5.74) is 1.09. The molecule has 10 heteroatoms. The van der Waals surface area contributed by atoms with Crippen molar-refractivity contribution in [3.63, 3.8) is 0 Å². The van der Waals surface area contributed by atoms with Crippen molar-refractivity contribution in [1.82, 2.24) is 24.7 Å². The molecule has 1 N–H and O–H groups in total. The van der Waals surface area contributed by atoms with Gasteiger partial charge in [-0.05, 0) is 37.3 Å². The number of nitrogens with one attached hydrogen (secondary N) is 1. The Hall–Kier alpha value is -3.24. The van der Waals surface area contributed by atoms with Gasteiger partial charge in [0, 0.05) is 13.1 Å². The highest BCUT2D eigenvalue weighted by Gasteiger charge is 2.24. The number of H-pyrrole nitrogens is 1. The predicted octanol–water partition coefficient (Wildman–Crippen LogP) is 3.33. The zero-order valence-electron chi connectivity index (χ0n) is 17.4. The van der Waals surface area contributed by atoms with Crippen molar-refractivity contribution in [3.8, 4) is 5.69 Å². The van der Waals surface area contributed by atoms with Crippen molar-refractivity contribution < 1.29 is 9.13 Å². The Morgan fingerprint density at radius 2 is 1.94 bits per heavy atom. The third kappa shape index (κ3) is 3.98. The number of rotatable bonds is 5. The molecule has 3 heterocycles. The van der Waals surface area contributed by atoms with Crippen LogP contribution in [0.4, 0.5) is 10.3 Å². The van der Waals surface area contributed by atoms with Crippen LogP contribution in [0.1, 0.15) is 18.0 Å². The second kappa shape index (κ2) is 8.71. The molecule has 1 unspecified atom stereocenters. The molecule has 0 aliphatic carbocycles. The predicted molar refractivity (Wildman–Crippen MR) is 121 cm³/mol. The third-order valence-electron chi connectivity index (χ3n) is 5.28. The first-order valence-electron chi connectivity index (χ1n) is 10.3. The zero-order chi connectivity index (χ0) is 22.1. The van der Waals surface area contributed by atoms with Crippen LogP contribution in [0.2, 0.25) is 0 Å². The fourth-order valence-electron chi connectivity index (χ4n) is 3.66. The number of aromatic amines is 1. The Kier molecular flexibility index (Phi) is 5.62. The van der Waals surface area contributed by atoms with Crippen LogP contribution in [0, 0.1) is 5.82 Å². The summed E-state index contributed by atoms with van der Waals surface area (Å²) >= 11 is 1.40. The van der Waals surface area contributed by atoms with E-state index in [0.717, 1.165) is 0 Å². The van der Waals surface area contributed by atoms with Gasteiger partial charge < -0.3 is 14.6 Å². The van der Waals surface area contributed by atoms with Gasteiger partial charge in [0.05, 0.1) is 35.1 Å². The number of para-hydroxylation sites is 1. The fraction of sp³-hybridized carbons (Fsp3) is 0.273. The van der Waals surface area contributed by atoms with Crippen LogP contribution in [0.5, 0.6) is 0 Å². The van der Waals surface area contributed by atoms with Crippen LogP contribution in [0.25, 0.3) is 16.6 Å². The first-order valence-corrected chi connectivity index (χ1v) is 11.2. The monoisotopic (exact) mass is 452 g/mol. The van der Waals surface area contributed by atoms with E-state index < -0.39 is 0 Å². The highest BCUT2D eigenvalue weighted by Crippen LogP contribution is 2.35. The number of hydrogen-bond acceptors (Lipinski definition) is 7. The topological polar surface area (TPSA) is 88.9 Å². The normalized spacial score (nSPS) is 15.2. The van der Waals surface area contributed by atoms with Gasteiger partial charge in [-0.1, -0.05) is 30.0 Å². The van der Waals surface area contributed by atoms with Crippen molar-refractivity contribution >= 4 is 28.6 Å². The van der Waals surface area contributed by atoms with Gasteiger partial charge in [0.1, 0.15) is 11.6 Å². The summed E-state index contributed by atoms with van der Waals surface area (Å²) in [7, 11) is 0. The second-order valence-corrected chi connectivity index (χ2v) is 8.73. The largest absolute Gasteiger partial charge is 0.378 e. The van der Waals surface area contributed by atoms with E-state index in [9.17, 15) is 9.18 Å². The molecule has 164 valence electrons. The fourth-order valence-corrected chi connectivity index (χ4v) is 4.58. The van der Waals surface area contributed by atoms with Crippen molar-refractivity contribution in [1.29, 1.82) is 0 Å². The van der Waals surface area contributed by atoms with Crippen LogP contribution >= 0.6 is 11.8 Å². The number of nitrogens with zero attached hydrogens (tertiary/aromatic N) is 5. The van der Waals surface area contributed by atoms with Crippen LogP contribution in [0.3, 0.4) is 0 Å². The average molecular weight is 453 g/mol. The summed E-state index contributed by atoms with van der Waals surface area (Å²) in [5.74, 6) is 0.836. The van der Waals surface area contributed by atoms with E-state index >= 15 is 0 Å². The minimum Gasteiger partial charge on any atom is -0.378 e. The maximum absolute atomic E-state index is 14.0. The van der Waals surface area contributed by atoms with Gasteiger partial charge in [0.25, 0.3) is 5.56 Å². The molecular weight excluding hydrogens is 431 g/mol. The number of thioether (sulfide) groups is 1. The summed E-state index contributed by atoms with van der Waals surface area (Å²) in [4.78, 5) is 22.1. The van der Waals surface area contributed by atoms with Gasteiger partial charge in [0.15, 0.2) is 5.16 Å². The molecule has 5 rings (SSSR count). The van der Waals surface area contributed by atoms with Gasteiger partial charge in [-0.15, -0.1) is 10.2 Å². The molecule has 1 aliphatic heterocycles. The quantitative estimate of drug-likeness (QED) is 0.465. The van der Waals surface area contributed by atoms with Gasteiger partial charge in [-0.2, -0.15) is 0 Å². The molecule has 1 saturated heterocycles. The lowest BCUT2D eigenvalue weighted by Gasteiger charge is -2.28. The summed E-state index contributed by atoms with van der Waals surface area (Å²) in [6.07, 6.45) is 0. The van der Waals surface area contributed by atoms with Gasteiger partial charge >= 0.3 is 0 Å². The first-order chi connectivity index (χ1) is 15.6. The molecule has 8 nitrogen and oxygen atoms in total. The Morgan fingerprint density at radius 3 is 2.75 bits per heavy atom. The maximum atomic E-state index is 14.0. The Morgan fingerprint density at radius 1 is 1.12 bits per heavy atom. The number of ether oxygens (including phenoxy) is 1. The summed E-state index contributed by atoms with van der Waals surface area (Å²) in [5, 5.41) is 9.72. The number of halogens is 1. The summed E-state index contributed by atoms with van der Waals surface area (Å²) in [6, 6.07) is 13.6. The molecule has 0 spiro atoms. The molecule has 0 saturated carbocycles. The highest BCUT2D eigenvalue weighted by atomic mass is 32.2. The molecular formula is C22H21FN6O2S. The molecule has 0 amide bonds. The van der Waals surface area contributed by atoms with E-state index in [1.54, 1.807) is 12.1 Å². The van der Waals surface area contributed by atoms with Crippen molar-refractivity contribution in [2.75, 3.05) is 31.2 Å². The smallest absolute Gasteiger partial charge is 0.258 e. The minimum absolute atomic E-state index is 0.182. The molecule has 1 fully saturated rings. The molecule has 0 bridgehead atoms. The van der Waals surface area contributed by atoms with Crippen LogP contribution in [-0.4, -0.2) is 51.0 Å². The van der Waals surface area contributed by atoms with Gasteiger partial charge in [-0.25, -0.2) is 9.37 Å². The molecule has 0 radical (unpaired) electrons. The Labute approximate surface area is 187 Å². The van der Waals surface area contributed by atoms with E-state index in [2.05, 4.69) is 25.1 Å². The lowest BCUT2D eigenvalue weighted by molar-refractivity contribution is 0.122. The van der Waals surface area contributed by atoms with Gasteiger partial charge in [0.2, 0.25) is 5.95 Å². The maximum Gasteiger partial charge on any atom is 0.258 e. The van der Waals surface area contributed by atoms with E-state index in [0.29, 0.717) is 59.8 Å². The molecule has 2 aromatic carbocycles. The van der Waals surface area contributed by atoms with E-state index in [1.165, 1.54) is 23.9 Å². The Bertz CT molecular complexity index is 1320. The van der Waals surface area contributed by atoms with Crippen LogP contribution < -0.4 is 10.5 Å². The number of hydrogen-bond donors (Lipinski definition) is 1. The minimum atomic E-state index is -0.339. The molecule has 1 aliphatic rings. The second-order valence-electron chi connectivity index (χ2n) is 7.43. The Balaban J connectivity index is 1.53. The standard InChI is InChI=1S/C22H21FN6O2S/c1-14(19-24-18-8-3-2-7-17(18)20(30)25-19)32-22-27-26-21(28-9-11-31-12-10-28)29(22)16-6-4-5-15(23)13-16/h2-8,13-14H,9-12H2,1H3,(H,24,25,30). The number of morpholine rings is 1. The first kappa shape index (κ1) is 20.7. The number of fused-ring (bicyclic) bond motifs is 1. The number of benzene rings is 2. The molecule has 2 aromatic heterocycles. The SMILES string of the molecule is CC(Sc1nnc(N2CCOCC2)n1-c1cccc(F)c1)c1nc2ccccc2c(=O)[nH]1. The van der Waals surface area contributed by atoms with Gasteiger partial charge in [-0.3, -0.25) is 9.36 Å². The number of anilines is 1. The van der Waals surface area contributed by atoms with E-state index in [4.69, 9.17) is 4.74 Å². The number of aromatic nitrogens is 5. The zero-order valence-corrected chi connectivity index (χ0v) is 18.2.